The summed E-state index contributed by atoms with van der Waals surface area (Å²) in [6, 6.07) is 15.5. The minimum Gasteiger partial charge on any atom is -0.489 e. The summed E-state index contributed by atoms with van der Waals surface area (Å²) in [5.74, 6) is -1.55. The quantitative estimate of drug-likeness (QED) is 0.470. The van der Waals surface area contributed by atoms with Gasteiger partial charge in [-0.25, -0.2) is 21.9 Å². The van der Waals surface area contributed by atoms with Crippen molar-refractivity contribution in [1.82, 2.24) is 4.72 Å². The van der Waals surface area contributed by atoms with E-state index in [1.807, 2.05) is 0 Å². The lowest BCUT2D eigenvalue weighted by Crippen LogP contribution is -2.25. The lowest BCUT2D eigenvalue weighted by molar-refractivity contribution is 0.102. The maximum absolute atomic E-state index is 14.1. The minimum absolute atomic E-state index is 0.0449. The van der Waals surface area contributed by atoms with Crippen LogP contribution in [0.5, 0.6) is 5.75 Å². The van der Waals surface area contributed by atoms with Gasteiger partial charge in [-0.3, -0.25) is 4.79 Å². The van der Waals surface area contributed by atoms with Crippen molar-refractivity contribution in [2.75, 3.05) is 11.9 Å². The van der Waals surface area contributed by atoms with Gasteiger partial charge in [0, 0.05) is 23.9 Å². The first-order chi connectivity index (χ1) is 15.3. The van der Waals surface area contributed by atoms with E-state index >= 15 is 0 Å². The van der Waals surface area contributed by atoms with Crippen LogP contribution in [0.25, 0.3) is 0 Å². The predicted molar refractivity (Wildman–Crippen MR) is 117 cm³/mol. The second-order valence-electron chi connectivity index (χ2n) is 6.69. The van der Waals surface area contributed by atoms with Gasteiger partial charge in [-0.1, -0.05) is 24.3 Å². The van der Waals surface area contributed by atoms with Gasteiger partial charge >= 0.3 is 0 Å². The van der Waals surface area contributed by atoms with Crippen molar-refractivity contribution in [3.8, 4) is 5.75 Å². The fourth-order valence-corrected chi connectivity index (χ4v) is 3.86. The number of halogens is 2. The molecule has 9 heteroatoms. The Hall–Kier alpha value is -3.56. The van der Waals surface area contributed by atoms with Crippen LogP contribution in [0.3, 0.4) is 0 Å². The Morgan fingerprint density at radius 1 is 1.03 bits per heavy atom. The van der Waals surface area contributed by atoms with E-state index in [1.165, 1.54) is 24.3 Å². The summed E-state index contributed by atoms with van der Waals surface area (Å²) in [4.78, 5) is 12.0. The highest BCUT2D eigenvalue weighted by Gasteiger charge is 2.20. The Balaban J connectivity index is 1.72. The second kappa shape index (κ2) is 10.2. The van der Waals surface area contributed by atoms with Crippen molar-refractivity contribution >= 4 is 21.6 Å². The minimum atomic E-state index is -4.15. The monoisotopic (exact) mass is 458 g/mol. The van der Waals surface area contributed by atoms with E-state index in [0.29, 0.717) is 17.0 Å². The second-order valence-corrected chi connectivity index (χ2v) is 8.42. The van der Waals surface area contributed by atoms with E-state index in [1.54, 1.807) is 36.4 Å². The van der Waals surface area contributed by atoms with Gasteiger partial charge in [0.25, 0.3) is 5.91 Å². The highest BCUT2D eigenvalue weighted by atomic mass is 32.2. The Kier molecular flexibility index (Phi) is 7.34. The summed E-state index contributed by atoms with van der Waals surface area (Å²) in [5.41, 5.74) is 0.978. The van der Waals surface area contributed by atoms with Crippen molar-refractivity contribution in [2.45, 2.75) is 11.5 Å². The van der Waals surface area contributed by atoms with Crippen LogP contribution in [0.2, 0.25) is 0 Å². The highest BCUT2D eigenvalue weighted by Crippen LogP contribution is 2.21. The molecule has 0 aliphatic heterocycles. The number of carbonyl (C=O) groups excluding carboxylic acids is 1. The first-order valence-corrected chi connectivity index (χ1v) is 11.0. The van der Waals surface area contributed by atoms with Crippen LogP contribution in [0, 0.1) is 11.6 Å². The molecule has 3 rings (SSSR count). The molecule has 166 valence electrons. The fourth-order valence-electron chi connectivity index (χ4n) is 2.76. The third-order valence-electron chi connectivity index (χ3n) is 4.29. The van der Waals surface area contributed by atoms with Crippen LogP contribution in [0.4, 0.5) is 14.5 Å². The van der Waals surface area contributed by atoms with Crippen molar-refractivity contribution < 1.29 is 26.7 Å². The van der Waals surface area contributed by atoms with Gasteiger partial charge < -0.3 is 10.1 Å². The maximum atomic E-state index is 14.1. The third kappa shape index (κ3) is 5.99. The standard InChI is InChI=1S/C23H20F2N2O4S/c1-2-11-26-32(29,30)22-13-17(9-10-21(22)25)23(28)27-19-7-4-8-20(14-19)31-15-16-5-3-6-18(24)12-16/h2-10,12-14,26H,1,11,15H2,(H,27,28). The average Bonchev–Trinajstić information content (AvgIpc) is 2.77. The van der Waals surface area contributed by atoms with E-state index in [4.69, 9.17) is 4.74 Å². The molecule has 1 amide bonds. The molecule has 0 unspecified atom stereocenters. The Labute approximate surface area is 184 Å². The Bertz CT molecular complexity index is 1250. The molecule has 0 atom stereocenters. The summed E-state index contributed by atoms with van der Waals surface area (Å²) in [6.45, 7) is 3.45. The number of hydrogen-bond acceptors (Lipinski definition) is 4. The number of sulfonamides is 1. The predicted octanol–water partition coefficient (Wildman–Crippen LogP) is 4.26. The first kappa shape index (κ1) is 23.1. The fraction of sp³-hybridized carbons (Fsp3) is 0.0870. The molecule has 0 saturated carbocycles. The molecule has 0 bridgehead atoms. The molecule has 0 heterocycles. The summed E-state index contributed by atoms with van der Waals surface area (Å²) in [7, 11) is -4.15. The Morgan fingerprint density at radius 3 is 2.56 bits per heavy atom. The number of nitrogens with one attached hydrogen (secondary N) is 2. The van der Waals surface area contributed by atoms with Gasteiger partial charge in [0.1, 0.15) is 28.9 Å². The highest BCUT2D eigenvalue weighted by molar-refractivity contribution is 7.89. The van der Waals surface area contributed by atoms with Crippen LogP contribution in [-0.4, -0.2) is 20.9 Å². The first-order valence-electron chi connectivity index (χ1n) is 9.47. The van der Waals surface area contributed by atoms with Gasteiger partial charge in [-0.15, -0.1) is 6.58 Å². The Morgan fingerprint density at radius 2 is 1.81 bits per heavy atom. The number of amides is 1. The van der Waals surface area contributed by atoms with Crippen molar-refractivity contribution in [3.63, 3.8) is 0 Å². The van der Waals surface area contributed by atoms with Crippen LogP contribution < -0.4 is 14.8 Å². The lowest BCUT2D eigenvalue weighted by Gasteiger charge is -2.11. The summed E-state index contributed by atoms with van der Waals surface area (Å²) >= 11 is 0. The number of hydrogen-bond donors (Lipinski definition) is 2. The van der Waals surface area contributed by atoms with E-state index in [9.17, 15) is 22.0 Å². The topological polar surface area (TPSA) is 84.5 Å². The number of ether oxygens (including phenoxy) is 1. The largest absolute Gasteiger partial charge is 0.489 e. The van der Waals surface area contributed by atoms with Gasteiger partial charge in [0.2, 0.25) is 10.0 Å². The zero-order chi connectivity index (χ0) is 23.1. The van der Waals surface area contributed by atoms with Gasteiger partial charge in [0.05, 0.1) is 0 Å². The molecule has 3 aromatic rings. The molecule has 0 fully saturated rings. The number of carbonyl (C=O) groups is 1. The average molecular weight is 458 g/mol. The smallest absolute Gasteiger partial charge is 0.255 e. The molecule has 0 aliphatic carbocycles. The van der Waals surface area contributed by atoms with E-state index < -0.39 is 26.6 Å². The molecule has 32 heavy (non-hydrogen) atoms. The molecule has 0 aliphatic rings. The molecular weight excluding hydrogens is 438 g/mol. The SMILES string of the molecule is C=CCNS(=O)(=O)c1cc(C(=O)Nc2cccc(OCc3cccc(F)c3)c2)ccc1F. The lowest BCUT2D eigenvalue weighted by atomic mass is 10.2. The molecular formula is C23H20F2N2O4S. The van der Waals surface area contributed by atoms with Gasteiger partial charge in [-0.2, -0.15) is 0 Å². The van der Waals surface area contributed by atoms with Gasteiger partial charge in [-0.05, 0) is 48.0 Å². The maximum Gasteiger partial charge on any atom is 0.255 e. The van der Waals surface area contributed by atoms with Crippen LogP contribution in [-0.2, 0) is 16.6 Å². The summed E-state index contributed by atoms with van der Waals surface area (Å²) < 4.78 is 59.6. The van der Waals surface area contributed by atoms with E-state index in [2.05, 4.69) is 16.6 Å². The zero-order valence-electron chi connectivity index (χ0n) is 16.8. The zero-order valence-corrected chi connectivity index (χ0v) is 17.7. The van der Waals surface area contributed by atoms with Crippen molar-refractivity contribution in [3.05, 3.63) is 102 Å². The van der Waals surface area contributed by atoms with Crippen molar-refractivity contribution in [2.24, 2.45) is 0 Å². The molecule has 0 saturated heterocycles. The molecule has 0 spiro atoms. The molecule has 6 nitrogen and oxygen atoms in total. The van der Waals surface area contributed by atoms with Crippen molar-refractivity contribution in [1.29, 1.82) is 0 Å². The number of rotatable bonds is 9. The van der Waals surface area contributed by atoms with Gasteiger partial charge in [0.15, 0.2) is 0 Å². The molecule has 0 aromatic heterocycles. The van der Waals surface area contributed by atoms with E-state index in [-0.39, 0.29) is 24.5 Å². The molecule has 3 aromatic carbocycles. The van der Waals surface area contributed by atoms with Crippen LogP contribution >= 0.6 is 0 Å². The third-order valence-corrected chi connectivity index (χ3v) is 5.73. The molecule has 0 radical (unpaired) electrons. The van der Waals surface area contributed by atoms with E-state index in [0.717, 1.165) is 12.1 Å². The van der Waals surface area contributed by atoms with Crippen LogP contribution in [0.1, 0.15) is 15.9 Å². The van der Waals surface area contributed by atoms with Crippen LogP contribution in [0.15, 0.2) is 84.3 Å². The summed E-state index contributed by atoms with van der Waals surface area (Å²) in [5, 5.41) is 2.61. The number of anilines is 1. The number of benzene rings is 3. The summed E-state index contributed by atoms with van der Waals surface area (Å²) in [6.07, 6.45) is 1.31. The molecule has 2 N–H and O–H groups in total. The normalized spacial score (nSPS) is 11.1.